The summed E-state index contributed by atoms with van der Waals surface area (Å²) in [4.78, 5) is 0. The summed E-state index contributed by atoms with van der Waals surface area (Å²) in [5, 5.41) is 0. The largest absolute Gasteiger partial charge is 0.490 e. The molecule has 0 bridgehead atoms. The van der Waals surface area contributed by atoms with Crippen LogP contribution < -0.4 is 4.74 Å². The number of rotatable bonds is 3. The van der Waals surface area contributed by atoms with Gasteiger partial charge in [0.2, 0.25) is 0 Å². The number of fused-ring (bicyclic) bond motifs is 3. The zero-order valence-electron chi connectivity index (χ0n) is 12.5. The fourth-order valence-corrected chi connectivity index (χ4v) is 3.39. The van der Waals surface area contributed by atoms with Crippen LogP contribution in [0.1, 0.15) is 51.2 Å². The minimum absolute atomic E-state index is 0.241. The van der Waals surface area contributed by atoms with Gasteiger partial charge in [-0.25, -0.2) is 0 Å². The molecule has 0 unspecified atom stereocenters. The number of hydrogen-bond acceptors (Lipinski definition) is 2. The van der Waals surface area contributed by atoms with Crippen molar-refractivity contribution in [1.29, 1.82) is 0 Å². The van der Waals surface area contributed by atoms with Crippen molar-refractivity contribution in [2.24, 2.45) is 5.92 Å². The van der Waals surface area contributed by atoms with E-state index in [0.29, 0.717) is 12.0 Å². The SMILES string of the molecule is CC(C)=CCC[C@@H]1Oc2ccccc2[C@@H]2OCCC[C@@H]12. The molecule has 2 aliphatic heterocycles. The van der Waals surface area contributed by atoms with Gasteiger partial charge in [-0.15, -0.1) is 0 Å². The number of ether oxygens (including phenoxy) is 2. The molecular weight excluding hydrogens is 248 g/mol. The van der Waals surface area contributed by atoms with Gasteiger partial charge >= 0.3 is 0 Å². The van der Waals surface area contributed by atoms with Crippen molar-refractivity contribution in [1.82, 2.24) is 0 Å². The second-order valence-corrected chi connectivity index (χ2v) is 6.15. The average Bonchev–Trinajstić information content (AvgIpc) is 2.47. The Bertz CT molecular complexity index is 488. The van der Waals surface area contributed by atoms with Crippen LogP contribution in [0.2, 0.25) is 0 Å². The van der Waals surface area contributed by atoms with Gasteiger partial charge in [0, 0.05) is 18.1 Å². The monoisotopic (exact) mass is 272 g/mol. The predicted octanol–water partition coefficient (Wildman–Crippen LogP) is 4.66. The summed E-state index contributed by atoms with van der Waals surface area (Å²) in [7, 11) is 0. The van der Waals surface area contributed by atoms with Crippen LogP contribution in [0.3, 0.4) is 0 Å². The van der Waals surface area contributed by atoms with E-state index >= 15 is 0 Å². The maximum absolute atomic E-state index is 6.27. The van der Waals surface area contributed by atoms with Crippen molar-refractivity contribution < 1.29 is 9.47 Å². The van der Waals surface area contributed by atoms with Gasteiger partial charge in [0.1, 0.15) is 11.9 Å². The molecule has 3 rings (SSSR count). The van der Waals surface area contributed by atoms with Crippen molar-refractivity contribution in [3.05, 3.63) is 41.5 Å². The molecule has 1 fully saturated rings. The van der Waals surface area contributed by atoms with Gasteiger partial charge in [0.25, 0.3) is 0 Å². The molecule has 0 aliphatic carbocycles. The first-order valence-corrected chi connectivity index (χ1v) is 7.76. The highest BCUT2D eigenvalue weighted by Gasteiger charge is 2.39. The van der Waals surface area contributed by atoms with Gasteiger partial charge in [-0.1, -0.05) is 29.8 Å². The summed E-state index contributed by atoms with van der Waals surface area (Å²) in [6.45, 7) is 5.20. The Balaban J connectivity index is 1.80. The zero-order valence-corrected chi connectivity index (χ0v) is 12.5. The van der Waals surface area contributed by atoms with E-state index in [1.54, 1.807) is 0 Å². The fourth-order valence-electron chi connectivity index (χ4n) is 3.39. The normalized spacial score (nSPS) is 28.0. The Hall–Kier alpha value is -1.28. The molecule has 2 heterocycles. The molecule has 0 spiro atoms. The molecule has 1 saturated heterocycles. The lowest BCUT2D eigenvalue weighted by Crippen LogP contribution is -2.39. The highest BCUT2D eigenvalue weighted by Crippen LogP contribution is 2.45. The molecular formula is C18H24O2. The van der Waals surface area contributed by atoms with Gasteiger partial charge in [0.15, 0.2) is 0 Å². The van der Waals surface area contributed by atoms with Crippen molar-refractivity contribution in [3.63, 3.8) is 0 Å². The topological polar surface area (TPSA) is 18.5 Å². The minimum atomic E-state index is 0.241. The molecule has 0 N–H and O–H groups in total. The van der Waals surface area contributed by atoms with E-state index < -0.39 is 0 Å². The van der Waals surface area contributed by atoms with Gasteiger partial charge in [-0.3, -0.25) is 0 Å². The third kappa shape index (κ3) is 2.76. The second-order valence-electron chi connectivity index (χ2n) is 6.15. The summed E-state index contributed by atoms with van der Waals surface area (Å²) in [6, 6.07) is 8.37. The van der Waals surface area contributed by atoms with Crippen molar-refractivity contribution in [2.75, 3.05) is 6.61 Å². The van der Waals surface area contributed by atoms with Gasteiger partial charge in [-0.05, 0) is 45.6 Å². The fraction of sp³-hybridized carbons (Fsp3) is 0.556. The molecule has 0 amide bonds. The Labute approximate surface area is 121 Å². The molecule has 2 heteroatoms. The van der Waals surface area contributed by atoms with E-state index in [4.69, 9.17) is 9.47 Å². The summed E-state index contributed by atoms with van der Waals surface area (Å²) >= 11 is 0. The van der Waals surface area contributed by atoms with E-state index in [-0.39, 0.29) is 6.10 Å². The van der Waals surface area contributed by atoms with Crippen LogP contribution in [0, 0.1) is 5.92 Å². The Morgan fingerprint density at radius 2 is 2.15 bits per heavy atom. The summed E-state index contributed by atoms with van der Waals surface area (Å²) < 4.78 is 12.3. The lowest BCUT2D eigenvalue weighted by Gasteiger charge is -2.42. The highest BCUT2D eigenvalue weighted by molar-refractivity contribution is 5.38. The smallest absolute Gasteiger partial charge is 0.125 e. The van der Waals surface area contributed by atoms with E-state index in [2.05, 4.69) is 44.2 Å². The van der Waals surface area contributed by atoms with Crippen LogP contribution in [0.15, 0.2) is 35.9 Å². The number of allylic oxidation sites excluding steroid dienone is 2. The quantitative estimate of drug-likeness (QED) is 0.745. The summed E-state index contributed by atoms with van der Waals surface area (Å²) in [5.41, 5.74) is 2.63. The Morgan fingerprint density at radius 3 is 3.00 bits per heavy atom. The Kier molecular flexibility index (Phi) is 4.11. The van der Waals surface area contributed by atoms with Gasteiger partial charge in [0.05, 0.1) is 6.10 Å². The molecule has 0 saturated carbocycles. The van der Waals surface area contributed by atoms with Crippen LogP contribution in [-0.2, 0) is 4.74 Å². The lowest BCUT2D eigenvalue weighted by atomic mass is 9.81. The first-order valence-electron chi connectivity index (χ1n) is 7.76. The number of hydrogen-bond donors (Lipinski definition) is 0. The molecule has 108 valence electrons. The van der Waals surface area contributed by atoms with Crippen LogP contribution in [0.25, 0.3) is 0 Å². The van der Waals surface area contributed by atoms with E-state index in [1.165, 1.54) is 17.6 Å². The molecule has 1 aromatic carbocycles. The van der Waals surface area contributed by atoms with Crippen LogP contribution in [0.4, 0.5) is 0 Å². The van der Waals surface area contributed by atoms with Gasteiger partial charge in [-0.2, -0.15) is 0 Å². The summed E-state index contributed by atoms with van der Waals surface area (Å²) in [5.74, 6) is 1.54. The van der Waals surface area contributed by atoms with Crippen LogP contribution >= 0.6 is 0 Å². The minimum Gasteiger partial charge on any atom is -0.490 e. The Morgan fingerprint density at radius 1 is 1.30 bits per heavy atom. The van der Waals surface area contributed by atoms with Crippen LogP contribution in [-0.4, -0.2) is 12.7 Å². The number of para-hydroxylation sites is 1. The van der Waals surface area contributed by atoms with E-state index in [9.17, 15) is 0 Å². The standard InChI is InChI=1S/C18H24O2/c1-13(2)7-5-11-17-15-9-6-12-19-18(15)14-8-3-4-10-16(14)20-17/h3-4,7-8,10,15,17-18H,5-6,9,11-12H2,1-2H3/t15-,17-,18-/m0/s1. The number of benzene rings is 1. The predicted molar refractivity (Wildman–Crippen MR) is 80.9 cm³/mol. The molecule has 0 radical (unpaired) electrons. The van der Waals surface area contributed by atoms with E-state index in [0.717, 1.165) is 31.6 Å². The first kappa shape index (κ1) is 13.7. The zero-order chi connectivity index (χ0) is 13.9. The van der Waals surface area contributed by atoms with E-state index in [1.807, 2.05) is 0 Å². The third-order valence-electron chi connectivity index (χ3n) is 4.35. The average molecular weight is 272 g/mol. The molecule has 20 heavy (non-hydrogen) atoms. The maximum atomic E-state index is 6.27. The summed E-state index contributed by atoms with van der Waals surface area (Å²) in [6.07, 6.45) is 7.41. The maximum Gasteiger partial charge on any atom is 0.125 e. The molecule has 3 atom stereocenters. The van der Waals surface area contributed by atoms with Crippen molar-refractivity contribution in [2.45, 2.75) is 51.7 Å². The van der Waals surface area contributed by atoms with Crippen molar-refractivity contribution >= 4 is 0 Å². The van der Waals surface area contributed by atoms with Crippen molar-refractivity contribution in [3.8, 4) is 5.75 Å². The van der Waals surface area contributed by atoms with Crippen LogP contribution in [0.5, 0.6) is 5.75 Å². The first-order chi connectivity index (χ1) is 9.75. The molecule has 0 aromatic heterocycles. The second kappa shape index (κ2) is 6.01. The van der Waals surface area contributed by atoms with Gasteiger partial charge < -0.3 is 9.47 Å². The highest BCUT2D eigenvalue weighted by atomic mass is 16.5. The molecule has 2 nitrogen and oxygen atoms in total. The third-order valence-corrected chi connectivity index (χ3v) is 4.35. The molecule has 1 aromatic rings. The lowest BCUT2D eigenvalue weighted by molar-refractivity contribution is -0.0850. The molecule has 2 aliphatic rings.